The molecule has 1 amide bonds. The van der Waals surface area contributed by atoms with E-state index in [1.54, 1.807) is 36.4 Å². The first-order valence-corrected chi connectivity index (χ1v) is 11.0. The maximum absolute atomic E-state index is 13.4. The van der Waals surface area contributed by atoms with E-state index in [0.29, 0.717) is 10.8 Å². The molecule has 30 heavy (non-hydrogen) atoms. The molecule has 0 aliphatic carbocycles. The third-order valence-electron chi connectivity index (χ3n) is 4.71. The van der Waals surface area contributed by atoms with Crippen LogP contribution in [0.1, 0.15) is 11.3 Å². The van der Waals surface area contributed by atoms with Gasteiger partial charge in [0.1, 0.15) is 11.5 Å². The number of sulfonamides is 1. The number of anilines is 1. The Bertz CT molecular complexity index is 1160. The minimum Gasteiger partial charge on any atom is -0.476 e. The molecule has 9 heteroatoms. The van der Waals surface area contributed by atoms with Crippen LogP contribution < -0.4 is 14.4 Å². The lowest BCUT2D eigenvalue weighted by Gasteiger charge is -2.34. The summed E-state index contributed by atoms with van der Waals surface area (Å²) in [5, 5.41) is 3.07. The summed E-state index contributed by atoms with van der Waals surface area (Å²) >= 11 is 6.10. The number of furan rings is 1. The topological polar surface area (TPSA) is 88.9 Å². The second-order valence-electron chi connectivity index (χ2n) is 6.86. The zero-order chi connectivity index (χ0) is 21.3. The highest BCUT2D eigenvalue weighted by atomic mass is 35.5. The number of fused-ring (bicyclic) bond motifs is 1. The smallest absolute Gasteiger partial charge is 0.264 e. The molecular formula is C21H19ClN2O5S. The standard InChI is InChI=1S/C21H19ClN2O5S/c1-14-4-7-17(8-5-14)30(26,27)24-13-20(21(25)23-12-16-3-2-10-28-16)29-19-9-6-15(22)11-18(19)24/h2-11,20H,12-13H2,1H3,(H,23,25). The number of aryl methyl sites for hydroxylation is 1. The second kappa shape index (κ2) is 8.04. The number of benzene rings is 2. The quantitative estimate of drug-likeness (QED) is 0.647. The molecule has 0 bridgehead atoms. The van der Waals surface area contributed by atoms with Gasteiger partial charge in [-0.1, -0.05) is 29.3 Å². The van der Waals surface area contributed by atoms with Crippen LogP contribution >= 0.6 is 11.6 Å². The van der Waals surface area contributed by atoms with Gasteiger partial charge in [0.15, 0.2) is 6.10 Å². The van der Waals surface area contributed by atoms with Crippen LogP contribution in [0.5, 0.6) is 5.75 Å². The van der Waals surface area contributed by atoms with Gasteiger partial charge < -0.3 is 14.5 Å². The minimum atomic E-state index is -3.94. The van der Waals surface area contributed by atoms with E-state index < -0.39 is 22.0 Å². The fraction of sp³-hybridized carbons (Fsp3) is 0.190. The Hall–Kier alpha value is -2.97. The first-order valence-electron chi connectivity index (χ1n) is 9.20. The number of amides is 1. The van der Waals surface area contributed by atoms with Crippen LogP contribution in [0.15, 0.2) is 70.2 Å². The van der Waals surface area contributed by atoms with E-state index >= 15 is 0 Å². The lowest BCUT2D eigenvalue weighted by Crippen LogP contribution is -2.50. The van der Waals surface area contributed by atoms with Gasteiger partial charge >= 0.3 is 0 Å². The van der Waals surface area contributed by atoms with E-state index in [1.165, 1.54) is 28.8 Å². The van der Waals surface area contributed by atoms with E-state index in [1.807, 2.05) is 6.92 Å². The van der Waals surface area contributed by atoms with Crippen molar-refractivity contribution in [3.63, 3.8) is 0 Å². The summed E-state index contributed by atoms with van der Waals surface area (Å²) in [6.07, 6.45) is 0.475. The minimum absolute atomic E-state index is 0.121. The van der Waals surface area contributed by atoms with Crippen molar-refractivity contribution in [2.24, 2.45) is 0 Å². The van der Waals surface area contributed by atoms with E-state index in [2.05, 4.69) is 5.32 Å². The third-order valence-corrected chi connectivity index (χ3v) is 6.74. The van der Waals surface area contributed by atoms with Gasteiger partial charge in [-0.25, -0.2) is 8.42 Å². The molecule has 1 aliphatic heterocycles. The fourth-order valence-electron chi connectivity index (χ4n) is 3.13. The summed E-state index contributed by atoms with van der Waals surface area (Å²) < 4.78 is 38.9. The summed E-state index contributed by atoms with van der Waals surface area (Å²) in [7, 11) is -3.94. The van der Waals surface area contributed by atoms with Crippen LogP contribution in [-0.2, 0) is 21.4 Å². The number of halogens is 1. The Morgan fingerprint density at radius 3 is 2.67 bits per heavy atom. The van der Waals surface area contributed by atoms with E-state index in [-0.39, 0.29) is 29.4 Å². The number of nitrogens with zero attached hydrogens (tertiary/aromatic N) is 1. The molecule has 1 N–H and O–H groups in total. The molecule has 1 unspecified atom stereocenters. The lowest BCUT2D eigenvalue weighted by atomic mass is 10.2. The highest BCUT2D eigenvalue weighted by Crippen LogP contribution is 2.38. The average Bonchev–Trinajstić information content (AvgIpc) is 3.25. The number of hydrogen-bond acceptors (Lipinski definition) is 5. The molecule has 2 aromatic carbocycles. The van der Waals surface area contributed by atoms with Crippen molar-refractivity contribution < 1.29 is 22.4 Å². The summed E-state index contributed by atoms with van der Waals surface area (Å²) in [4.78, 5) is 12.8. The molecular weight excluding hydrogens is 428 g/mol. The number of rotatable bonds is 5. The normalized spacial score (nSPS) is 15.9. The molecule has 0 saturated carbocycles. The number of ether oxygens (including phenoxy) is 1. The van der Waals surface area contributed by atoms with Crippen LogP contribution in [0.25, 0.3) is 0 Å². The van der Waals surface area contributed by atoms with Crippen LogP contribution in [0.4, 0.5) is 5.69 Å². The summed E-state index contributed by atoms with van der Waals surface area (Å²) in [6, 6.07) is 14.6. The van der Waals surface area contributed by atoms with Crippen LogP contribution in [0, 0.1) is 6.92 Å². The van der Waals surface area contributed by atoms with Gasteiger partial charge in [0.05, 0.1) is 29.9 Å². The summed E-state index contributed by atoms with van der Waals surface area (Å²) in [5.74, 6) is 0.395. The number of carbonyl (C=O) groups excluding carboxylic acids is 1. The van der Waals surface area contributed by atoms with Crippen LogP contribution in [0.3, 0.4) is 0 Å². The molecule has 156 valence electrons. The molecule has 0 radical (unpaired) electrons. The number of carbonyl (C=O) groups is 1. The predicted molar refractivity (Wildman–Crippen MR) is 112 cm³/mol. The van der Waals surface area contributed by atoms with Crippen molar-refractivity contribution in [1.82, 2.24) is 5.32 Å². The van der Waals surface area contributed by atoms with Crippen LogP contribution in [0.2, 0.25) is 5.02 Å². The molecule has 0 spiro atoms. The van der Waals surface area contributed by atoms with E-state index in [0.717, 1.165) is 5.56 Å². The zero-order valence-electron chi connectivity index (χ0n) is 16.0. The molecule has 0 fully saturated rings. The van der Waals surface area contributed by atoms with Crippen molar-refractivity contribution in [2.45, 2.75) is 24.5 Å². The van der Waals surface area contributed by atoms with Crippen LogP contribution in [-0.4, -0.2) is 27.0 Å². The van der Waals surface area contributed by atoms with Gasteiger partial charge in [-0.15, -0.1) is 0 Å². The second-order valence-corrected chi connectivity index (χ2v) is 9.16. The van der Waals surface area contributed by atoms with Gasteiger partial charge in [-0.2, -0.15) is 0 Å². The molecule has 0 saturated heterocycles. The molecule has 2 heterocycles. The zero-order valence-corrected chi connectivity index (χ0v) is 17.6. The lowest BCUT2D eigenvalue weighted by molar-refractivity contribution is -0.128. The Kier molecular flexibility index (Phi) is 5.44. The van der Waals surface area contributed by atoms with Gasteiger partial charge in [-0.05, 0) is 49.4 Å². The van der Waals surface area contributed by atoms with Gasteiger partial charge in [0.2, 0.25) is 0 Å². The Balaban J connectivity index is 1.65. The van der Waals surface area contributed by atoms with Gasteiger partial charge in [0.25, 0.3) is 15.9 Å². The SMILES string of the molecule is Cc1ccc(S(=O)(=O)N2CC(C(=O)NCc3ccco3)Oc3ccc(Cl)cc32)cc1. The Morgan fingerprint density at radius 1 is 1.20 bits per heavy atom. The summed E-state index contributed by atoms with van der Waals surface area (Å²) in [6.45, 7) is 1.86. The van der Waals surface area contributed by atoms with Crippen molar-refractivity contribution in [3.8, 4) is 5.75 Å². The van der Waals surface area contributed by atoms with Crippen molar-refractivity contribution >= 4 is 33.2 Å². The number of hydrogen-bond donors (Lipinski definition) is 1. The summed E-state index contributed by atoms with van der Waals surface area (Å²) in [5.41, 5.74) is 1.23. The first kappa shape index (κ1) is 20.3. The van der Waals surface area contributed by atoms with Crippen molar-refractivity contribution in [1.29, 1.82) is 0 Å². The van der Waals surface area contributed by atoms with Gasteiger partial charge in [-0.3, -0.25) is 9.10 Å². The fourth-order valence-corrected chi connectivity index (χ4v) is 4.76. The third kappa shape index (κ3) is 4.01. The molecule has 1 aliphatic rings. The molecule has 1 aromatic heterocycles. The first-order chi connectivity index (χ1) is 14.3. The molecule has 1 atom stereocenters. The highest BCUT2D eigenvalue weighted by molar-refractivity contribution is 7.92. The number of nitrogens with one attached hydrogen (secondary N) is 1. The maximum atomic E-state index is 13.4. The van der Waals surface area contributed by atoms with Crippen molar-refractivity contribution in [2.75, 3.05) is 10.8 Å². The van der Waals surface area contributed by atoms with E-state index in [9.17, 15) is 13.2 Å². The van der Waals surface area contributed by atoms with Crippen molar-refractivity contribution in [3.05, 3.63) is 77.2 Å². The monoisotopic (exact) mass is 446 g/mol. The largest absolute Gasteiger partial charge is 0.476 e. The Morgan fingerprint density at radius 2 is 1.97 bits per heavy atom. The molecule has 7 nitrogen and oxygen atoms in total. The Labute approximate surface area is 179 Å². The average molecular weight is 447 g/mol. The maximum Gasteiger partial charge on any atom is 0.264 e. The van der Waals surface area contributed by atoms with E-state index in [4.69, 9.17) is 20.8 Å². The highest BCUT2D eigenvalue weighted by Gasteiger charge is 2.37. The predicted octanol–water partition coefficient (Wildman–Crippen LogP) is 3.51. The molecule has 4 rings (SSSR count). The van der Waals surface area contributed by atoms with Gasteiger partial charge in [0, 0.05) is 5.02 Å². The molecule has 3 aromatic rings.